The maximum absolute atomic E-state index is 12.7. The molecule has 3 aromatic rings. The number of rotatable bonds is 7. The topological polar surface area (TPSA) is 76.2 Å². The number of hydrogen-bond acceptors (Lipinski definition) is 5. The Labute approximate surface area is 174 Å². The molecule has 0 bridgehead atoms. The first-order valence-corrected chi connectivity index (χ1v) is 10.0. The van der Waals surface area contributed by atoms with Gasteiger partial charge in [0.1, 0.15) is 11.4 Å². The molecule has 3 rings (SSSR count). The van der Waals surface area contributed by atoms with E-state index in [1.54, 1.807) is 43.3 Å². The molecule has 0 radical (unpaired) electrons. The standard InChI is InChI=1S/C22H24ClN3O3/c1-4-6-13-26-14(3)19(22(28)29-5-2)20-17(26)11-12-18(27)21(20)25-24-16-9-7-15(23)8-10-16/h7-12,27H,4-6,13H2,1-3H3. The van der Waals surface area contributed by atoms with Crippen molar-refractivity contribution in [1.82, 2.24) is 4.57 Å². The summed E-state index contributed by atoms with van der Waals surface area (Å²) in [4.78, 5) is 12.7. The minimum atomic E-state index is -0.432. The van der Waals surface area contributed by atoms with Crippen molar-refractivity contribution in [2.24, 2.45) is 10.2 Å². The van der Waals surface area contributed by atoms with E-state index in [1.165, 1.54) is 0 Å². The number of hydrogen-bond donors (Lipinski definition) is 1. The minimum absolute atomic E-state index is 0.0478. The van der Waals surface area contributed by atoms with Crippen molar-refractivity contribution < 1.29 is 14.6 Å². The van der Waals surface area contributed by atoms with Crippen LogP contribution in [0.25, 0.3) is 10.9 Å². The number of aromatic hydroxyl groups is 1. The molecule has 2 aromatic carbocycles. The Kier molecular flexibility index (Phi) is 6.54. The predicted molar refractivity (Wildman–Crippen MR) is 115 cm³/mol. The number of carbonyl (C=O) groups is 1. The van der Waals surface area contributed by atoms with Crippen LogP contribution in [-0.4, -0.2) is 22.2 Å². The molecule has 1 heterocycles. The highest BCUT2D eigenvalue weighted by atomic mass is 35.5. The largest absolute Gasteiger partial charge is 0.506 e. The van der Waals surface area contributed by atoms with Crippen molar-refractivity contribution in [3.8, 4) is 5.75 Å². The van der Waals surface area contributed by atoms with Gasteiger partial charge in [-0.2, -0.15) is 5.11 Å². The van der Waals surface area contributed by atoms with Gasteiger partial charge in [0.05, 0.1) is 23.4 Å². The van der Waals surface area contributed by atoms with E-state index in [9.17, 15) is 9.90 Å². The number of aryl methyl sites for hydroxylation is 1. The molecule has 1 aromatic heterocycles. The van der Waals surface area contributed by atoms with Crippen molar-refractivity contribution in [3.63, 3.8) is 0 Å². The van der Waals surface area contributed by atoms with Crippen molar-refractivity contribution in [2.75, 3.05) is 6.61 Å². The lowest BCUT2D eigenvalue weighted by Gasteiger charge is -2.07. The summed E-state index contributed by atoms with van der Waals surface area (Å²) in [5.74, 6) is -0.479. The Morgan fingerprint density at radius 1 is 1.14 bits per heavy atom. The summed E-state index contributed by atoms with van der Waals surface area (Å²) in [6.45, 7) is 6.79. The van der Waals surface area contributed by atoms with E-state index < -0.39 is 5.97 Å². The van der Waals surface area contributed by atoms with Crippen LogP contribution < -0.4 is 0 Å². The Morgan fingerprint density at radius 3 is 2.52 bits per heavy atom. The fourth-order valence-corrected chi connectivity index (χ4v) is 3.44. The number of aromatic nitrogens is 1. The Morgan fingerprint density at radius 2 is 1.86 bits per heavy atom. The third-order valence-electron chi connectivity index (χ3n) is 4.75. The van der Waals surface area contributed by atoms with Gasteiger partial charge in [-0.05, 0) is 56.7 Å². The zero-order chi connectivity index (χ0) is 21.0. The van der Waals surface area contributed by atoms with Crippen molar-refractivity contribution in [1.29, 1.82) is 0 Å². The number of ether oxygens (including phenoxy) is 1. The second-order valence-corrected chi connectivity index (χ2v) is 7.13. The summed E-state index contributed by atoms with van der Waals surface area (Å²) in [5.41, 5.74) is 2.87. The van der Waals surface area contributed by atoms with Gasteiger partial charge in [-0.1, -0.05) is 24.9 Å². The van der Waals surface area contributed by atoms with Crippen molar-refractivity contribution in [2.45, 2.75) is 40.2 Å². The number of carbonyl (C=O) groups excluding carboxylic acids is 1. The first-order chi connectivity index (χ1) is 14.0. The number of phenolic OH excluding ortho intramolecular Hbond substituents is 1. The van der Waals surface area contributed by atoms with Crippen molar-refractivity contribution in [3.05, 3.63) is 52.7 Å². The number of phenols is 1. The maximum atomic E-state index is 12.7. The maximum Gasteiger partial charge on any atom is 0.340 e. The molecular weight excluding hydrogens is 390 g/mol. The lowest BCUT2D eigenvalue weighted by atomic mass is 10.1. The molecular formula is C22H24ClN3O3. The number of fused-ring (bicyclic) bond motifs is 1. The summed E-state index contributed by atoms with van der Waals surface area (Å²) in [6.07, 6.45) is 1.99. The van der Waals surface area contributed by atoms with Gasteiger partial charge in [0.2, 0.25) is 0 Å². The third-order valence-corrected chi connectivity index (χ3v) is 5.00. The van der Waals surface area contributed by atoms with Gasteiger partial charge in [0.25, 0.3) is 0 Å². The summed E-state index contributed by atoms with van der Waals surface area (Å²) in [6, 6.07) is 10.3. The van der Waals surface area contributed by atoms with E-state index in [0.717, 1.165) is 30.6 Å². The average Bonchev–Trinajstić information content (AvgIpc) is 2.98. The number of halogens is 1. The number of esters is 1. The van der Waals surface area contributed by atoms with Crippen LogP contribution in [-0.2, 0) is 11.3 Å². The molecule has 1 N–H and O–H groups in total. The Balaban J connectivity index is 2.21. The van der Waals surface area contributed by atoms with Gasteiger partial charge >= 0.3 is 5.97 Å². The first kappa shape index (κ1) is 20.9. The molecule has 0 unspecified atom stereocenters. The zero-order valence-corrected chi connectivity index (χ0v) is 17.5. The van der Waals surface area contributed by atoms with Crippen molar-refractivity contribution >= 4 is 39.8 Å². The lowest BCUT2D eigenvalue weighted by molar-refractivity contribution is 0.0527. The van der Waals surface area contributed by atoms with E-state index in [2.05, 4.69) is 21.7 Å². The second kappa shape index (κ2) is 9.09. The van der Waals surface area contributed by atoms with Crippen LogP contribution in [0.5, 0.6) is 5.75 Å². The van der Waals surface area contributed by atoms with Crippen LogP contribution in [0.2, 0.25) is 5.02 Å². The molecule has 0 aliphatic carbocycles. The Bertz CT molecular complexity index is 1060. The van der Waals surface area contributed by atoms with E-state index in [0.29, 0.717) is 21.7 Å². The Hall–Kier alpha value is -2.86. The van der Waals surface area contributed by atoms with Crippen LogP contribution in [0, 0.1) is 6.92 Å². The van der Waals surface area contributed by atoms with Gasteiger partial charge in [0, 0.05) is 22.6 Å². The summed E-state index contributed by atoms with van der Waals surface area (Å²) < 4.78 is 7.36. The van der Waals surface area contributed by atoms with Crippen LogP contribution in [0.3, 0.4) is 0 Å². The SMILES string of the molecule is CCCCn1c(C)c(C(=O)OCC)c2c(N=Nc3ccc(Cl)cc3)c(O)ccc21. The summed E-state index contributed by atoms with van der Waals surface area (Å²) in [7, 11) is 0. The van der Waals surface area contributed by atoms with E-state index in [4.69, 9.17) is 16.3 Å². The van der Waals surface area contributed by atoms with E-state index in [-0.39, 0.29) is 18.0 Å². The van der Waals surface area contributed by atoms with E-state index in [1.807, 2.05) is 6.92 Å². The number of nitrogens with zero attached hydrogens (tertiary/aromatic N) is 3. The predicted octanol–water partition coefficient (Wildman–Crippen LogP) is 6.70. The molecule has 0 fully saturated rings. The molecule has 0 amide bonds. The van der Waals surface area contributed by atoms with Crippen LogP contribution in [0.1, 0.15) is 42.7 Å². The third kappa shape index (κ3) is 4.27. The molecule has 29 heavy (non-hydrogen) atoms. The molecule has 0 spiro atoms. The molecule has 152 valence electrons. The van der Waals surface area contributed by atoms with E-state index >= 15 is 0 Å². The molecule has 0 atom stereocenters. The molecule has 6 nitrogen and oxygen atoms in total. The van der Waals surface area contributed by atoms with Gasteiger partial charge < -0.3 is 14.4 Å². The molecule has 0 saturated carbocycles. The molecule has 0 aliphatic heterocycles. The monoisotopic (exact) mass is 413 g/mol. The minimum Gasteiger partial charge on any atom is -0.506 e. The first-order valence-electron chi connectivity index (χ1n) is 9.67. The number of azo groups is 1. The molecule has 0 aliphatic rings. The lowest BCUT2D eigenvalue weighted by Crippen LogP contribution is -2.07. The summed E-state index contributed by atoms with van der Waals surface area (Å²) >= 11 is 5.91. The highest BCUT2D eigenvalue weighted by Gasteiger charge is 2.25. The quantitative estimate of drug-likeness (QED) is 0.345. The van der Waals surface area contributed by atoms with Gasteiger partial charge in [-0.25, -0.2) is 4.79 Å². The number of unbranched alkanes of at least 4 members (excludes halogenated alkanes) is 1. The highest BCUT2D eigenvalue weighted by Crippen LogP contribution is 2.41. The zero-order valence-electron chi connectivity index (χ0n) is 16.8. The second-order valence-electron chi connectivity index (χ2n) is 6.69. The summed E-state index contributed by atoms with van der Waals surface area (Å²) in [5, 5.41) is 20.2. The highest BCUT2D eigenvalue weighted by molar-refractivity contribution is 6.30. The number of benzene rings is 2. The van der Waals surface area contributed by atoms with Gasteiger partial charge in [0.15, 0.2) is 0 Å². The smallest absolute Gasteiger partial charge is 0.340 e. The molecule has 0 saturated heterocycles. The van der Waals surface area contributed by atoms with Gasteiger partial charge in [-0.15, -0.1) is 5.11 Å². The van der Waals surface area contributed by atoms with Crippen LogP contribution in [0.4, 0.5) is 11.4 Å². The fraction of sp³-hybridized carbons (Fsp3) is 0.318. The average molecular weight is 414 g/mol. The normalized spacial score (nSPS) is 11.4. The van der Waals surface area contributed by atoms with Crippen LogP contribution >= 0.6 is 11.6 Å². The van der Waals surface area contributed by atoms with Gasteiger partial charge in [-0.3, -0.25) is 0 Å². The fourth-order valence-electron chi connectivity index (χ4n) is 3.31. The van der Waals surface area contributed by atoms with Crippen LogP contribution in [0.15, 0.2) is 46.6 Å². The molecule has 7 heteroatoms.